The molecule has 0 aliphatic rings. The minimum absolute atomic E-state index is 0.735. The molecule has 2 nitrogen and oxygen atoms in total. The Morgan fingerprint density at radius 2 is 1.39 bits per heavy atom. The van der Waals surface area contributed by atoms with Gasteiger partial charge in [0.05, 0.1) is 29.5 Å². The van der Waals surface area contributed by atoms with Crippen molar-refractivity contribution >= 4 is 45.0 Å². The number of halogens is 3. The number of methoxy groups -OCH3 is 2. The van der Waals surface area contributed by atoms with Gasteiger partial charge in [0.15, 0.2) is 0 Å². The molecule has 0 aromatic heterocycles. The molecule has 2 aromatic carbocycles. The fourth-order valence-electron chi connectivity index (χ4n) is 2.50. The Balaban J connectivity index is 2.64. The second-order valence-corrected chi connectivity index (χ2v) is 8.19. The summed E-state index contributed by atoms with van der Waals surface area (Å²) in [7, 11) is 6.98. The van der Waals surface area contributed by atoms with Gasteiger partial charge in [-0.05, 0) is 47.9 Å². The van der Waals surface area contributed by atoms with E-state index in [1.54, 1.807) is 14.2 Å². The van der Waals surface area contributed by atoms with Crippen LogP contribution in [0.1, 0.15) is 16.7 Å². The summed E-state index contributed by atoms with van der Waals surface area (Å²) < 4.78 is 8.84. The van der Waals surface area contributed by atoms with E-state index in [4.69, 9.17) is 44.3 Å². The van der Waals surface area contributed by atoms with E-state index in [1.807, 2.05) is 49.4 Å². The average Bonchev–Trinajstić information content (AvgIpc) is 2.53. The minimum atomic E-state index is -1.61. The summed E-state index contributed by atoms with van der Waals surface area (Å²) in [6, 6.07) is 13.1. The van der Waals surface area contributed by atoms with Crippen LogP contribution in [-0.4, -0.2) is 28.3 Å². The predicted octanol–water partition coefficient (Wildman–Crippen LogP) is 4.79. The van der Waals surface area contributed by atoms with E-state index in [0.29, 0.717) is 0 Å². The molecule has 0 amide bonds. The van der Waals surface area contributed by atoms with E-state index in [9.17, 15) is 0 Å². The fourth-order valence-corrected chi connectivity index (χ4v) is 3.58. The van der Waals surface area contributed by atoms with Crippen molar-refractivity contribution in [1.29, 1.82) is 0 Å². The van der Waals surface area contributed by atoms with Crippen LogP contribution in [0.2, 0.25) is 0 Å². The highest BCUT2D eigenvalue weighted by atomic mass is 35.6. The highest BCUT2D eigenvalue weighted by molar-refractivity contribution is 6.70. The molecule has 6 heteroatoms. The molecule has 23 heavy (non-hydrogen) atoms. The molecule has 121 valence electrons. The lowest BCUT2D eigenvalue weighted by molar-refractivity contribution is 0.414. The Labute approximate surface area is 155 Å². The fraction of sp³-hybridized carbons (Fsp3) is 0.294. The van der Waals surface area contributed by atoms with Gasteiger partial charge in [0.1, 0.15) is 11.5 Å². The first-order valence-electron chi connectivity index (χ1n) is 6.85. The van der Waals surface area contributed by atoms with Crippen LogP contribution in [0.4, 0.5) is 0 Å². The minimum Gasteiger partial charge on any atom is -0.497 e. The second kappa shape index (κ2) is 6.94. The molecular weight excluding hydrogens is 371 g/mol. The molecular formula is C17H16Cl3O2Si. The van der Waals surface area contributed by atoms with Crippen LogP contribution in [0.5, 0.6) is 11.5 Å². The Kier molecular flexibility index (Phi) is 5.57. The zero-order chi connectivity index (χ0) is 17.3. The highest BCUT2D eigenvalue weighted by Gasteiger charge is 2.48. The van der Waals surface area contributed by atoms with Crippen molar-refractivity contribution in [2.24, 2.45) is 0 Å². The van der Waals surface area contributed by atoms with E-state index in [1.165, 1.54) is 0 Å². The van der Waals surface area contributed by atoms with Crippen molar-refractivity contribution in [3.63, 3.8) is 0 Å². The summed E-state index contributed by atoms with van der Waals surface area (Å²) in [6.07, 6.45) is 0. The third kappa shape index (κ3) is 3.48. The summed E-state index contributed by atoms with van der Waals surface area (Å²) in [4.78, 5) is 0. The third-order valence-electron chi connectivity index (χ3n) is 3.79. The van der Waals surface area contributed by atoms with E-state index >= 15 is 0 Å². The van der Waals surface area contributed by atoms with Crippen LogP contribution < -0.4 is 9.47 Å². The smallest absolute Gasteiger partial charge is 0.200 e. The van der Waals surface area contributed by atoms with Crippen LogP contribution in [0.3, 0.4) is 0 Å². The molecule has 0 saturated heterocycles. The molecule has 0 spiro atoms. The zero-order valence-electron chi connectivity index (χ0n) is 13.0. The summed E-state index contributed by atoms with van der Waals surface area (Å²) in [6.45, 7) is 1.95. The van der Waals surface area contributed by atoms with Gasteiger partial charge in [-0.25, -0.2) is 0 Å². The number of hydrogen-bond donors (Lipinski definition) is 0. The van der Waals surface area contributed by atoms with Gasteiger partial charge in [-0.2, -0.15) is 0 Å². The van der Waals surface area contributed by atoms with Gasteiger partial charge in [-0.3, -0.25) is 0 Å². The summed E-state index contributed by atoms with van der Waals surface area (Å²) in [5, 5.41) is -1.01. The van der Waals surface area contributed by atoms with Crippen molar-refractivity contribution in [2.75, 3.05) is 14.2 Å². The first kappa shape index (κ1) is 18.5. The standard InChI is InChI=1S/C17H16Cl3O2Si/c1-11-10-14(22-3)8-9-15(11)16(23,17(18,19)20)12-4-6-13(21-2)7-5-12/h4-10H,1-3H3. The van der Waals surface area contributed by atoms with Crippen molar-refractivity contribution < 1.29 is 9.47 Å². The van der Waals surface area contributed by atoms with Gasteiger partial charge in [0.25, 0.3) is 0 Å². The quantitative estimate of drug-likeness (QED) is 0.555. The van der Waals surface area contributed by atoms with Gasteiger partial charge >= 0.3 is 0 Å². The summed E-state index contributed by atoms with van der Waals surface area (Å²) in [5.74, 6) is 1.48. The molecule has 0 saturated carbocycles. The molecule has 3 radical (unpaired) electrons. The van der Waals surface area contributed by atoms with Crippen LogP contribution >= 0.6 is 34.8 Å². The van der Waals surface area contributed by atoms with Gasteiger partial charge in [0, 0.05) is 0 Å². The van der Waals surface area contributed by atoms with Crippen molar-refractivity contribution in [3.8, 4) is 11.5 Å². The highest BCUT2D eigenvalue weighted by Crippen LogP contribution is 2.50. The molecule has 0 aliphatic heterocycles. The maximum atomic E-state index is 6.35. The first-order valence-corrected chi connectivity index (χ1v) is 8.48. The maximum absolute atomic E-state index is 6.35. The van der Waals surface area contributed by atoms with E-state index in [0.717, 1.165) is 28.2 Å². The Morgan fingerprint density at radius 3 is 1.83 bits per heavy atom. The largest absolute Gasteiger partial charge is 0.497 e. The Hall–Kier alpha value is -0.873. The molecule has 0 N–H and O–H groups in total. The van der Waals surface area contributed by atoms with Crippen molar-refractivity contribution in [3.05, 3.63) is 59.2 Å². The summed E-state index contributed by atoms with van der Waals surface area (Å²) >= 11 is 19.0. The number of aryl methyl sites for hydroxylation is 1. The number of ether oxygens (including phenoxy) is 2. The molecule has 0 bridgehead atoms. The molecule has 2 aromatic rings. The SMILES string of the molecule is COc1ccc(C([Si])(c2ccc(OC)cc2C)C(Cl)(Cl)Cl)cc1. The topological polar surface area (TPSA) is 18.5 Å². The normalized spacial score (nSPS) is 14.2. The lowest BCUT2D eigenvalue weighted by atomic mass is 9.88. The van der Waals surface area contributed by atoms with Crippen LogP contribution in [0.15, 0.2) is 42.5 Å². The van der Waals surface area contributed by atoms with Gasteiger partial charge < -0.3 is 9.47 Å². The molecule has 0 fully saturated rings. The Morgan fingerprint density at radius 1 is 0.870 bits per heavy atom. The lowest BCUT2D eigenvalue weighted by Crippen LogP contribution is -2.42. The second-order valence-electron chi connectivity index (χ2n) is 5.16. The van der Waals surface area contributed by atoms with Crippen molar-refractivity contribution in [2.45, 2.75) is 15.8 Å². The number of benzene rings is 2. The van der Waals surface area contributed by atoms with E-state index in [2.05, 4.69) is 10.2 Å². The molecule has 2 rings (SSSR count). The monoisotopic (exact) mass is 385 g/mol. The van der Waals surface area contributed by atoms with Crippen molar-refractivity contribution in [1.82, 2.24) is 0 Å². The average molecular weight is 387 g/mol. The lowest BCUT2D eigenvalue weighted by Gasteiger charge is -2.38. The van der Waals surface area contributed by atoms with Crippen LogP contribution in [0.25, 0.3) is 0 Å². The van der Waals surface area contributed by atoms with Gasteiger partial charge in [0.2, 0.25) is 3.79 Å². The van der Waals surface area contributed by atoms with Crippen LogP contribution in [0, 0.1) is 6.92 Å². The number of alkyl halides is 3. The molecule has 0 heterocycles. The first-order chi connectivity index (χ1) is 10.7. The molecule has 1 atom stereocenters. The predicted molar refractivity (Wildman–Crippen MR) is 97.5 cm³/mol. The maximum Gasteiger partial charge on any atom is 0.200 e. The van der Waals surface area contributed by atoms with E-state index in [-0.39, 0.29) is 0 Å². The van der Waals surface area contributed by atoms with Gasteiger partial charge in [-0.1, -0.05) is 53.0 Å². The molecule has 1 unspecified atom stereocenters. The zero-order valence-corrected chi connectivity index (χ0v) is 16.3. The third-order valence-corrected chi connectivity index (χ3v) is 6.04. The van der Waals surface area contributed by atoms with Crippen LogP contribution in [-0.2, 0) is 5.04 Å². The van der Waals surface area contributed by atoms with E-state index < -0.39 is 8.83 Å². The Bertz CT molecular complexity index is 683. The van der Waals surface area contributed by atoms with Gasteiger partial charge in [-0.15, -0.1) is 0 Å². The summed E-state index contributed by atoms with van der Waals surface area (Å²) in [5.41, 5.74) is 2.60. The number of hydrogen-bond acceptors (Lipinski definition) is 2. The number of rotatable bonds is 4. The molecule has 0 aliphatic carbocycles.